The third-order valence-corrected chi connectivity index (χ3v) is 3.84. The van der Waals surface area contributed by atoms with Gasteiger partial charge in [-0.1, -0.05) is 6.08 Å². The van der Waals surface area contributed by atoms with Gasteiger partial charge in [0.15, 0.2) is 5.69 Å². The summed E-state index contributed by atoms with van der Waals surface area (Å²) in [6.45, 7) is 2.17. The van der Waals surface area contributed by atoms with Gasteiger partial charge in [0.05, 0.1) is 18.6 Å². The Balaban J connectivity index is 2.08. The summed E-state index contributed by atoms with van der Waals surface area (Å²) in [6.07, 6.45) is -7.93. The Labute approximate surface area is 150 Å². The number of hydrogen-bond donors (Lipinski definition) is 1. The van der Waals surface area contributed by atoms with E-state index in [-0.39, 0.29) is 19.0 Å². The van der Waals surface area contributed by atoms with Crippen LogP contribution in [0.3, 0.4) is 0 Å². The molecule has 0 radical (unpaired) electrons. The molecular formula is C15H16F6N4O2. The van der Waals surface area contributed by atoms with Crippen LogP contribution >= 0.6 is 0 Å². The van der Waals surface area contributed by atoms with Crippen molar-refractivity contribution in [2.75, 3.05) is 31.6 Å². The Kier molecular flexibility index (Phi) is 6.29. The van der Waals surface area contributed by atoms with Crippen molar-refractivity contribution in [2.45, 2.75) is 18.4 Å². The Morgan fingerprint density at radius 2 is 1.96 bits per heavy atom. The van der Waals surface area contributed by atoms with Gasteiger partial charge >= 0.3 is 12.4 Å². The number of anilines is 1. The highest BCUT2D eigenvalue weighted by atomic mass is 19.4. The molecule has 6 nitrogen and oxygen atoms in total. The summed E-state index contributed by atoms with van der Waals surface area (Å²) in [5.74, 6) is -2.79. The molecular weight excluding hydrogens is 382 g/mol. The number of rotatable bonds is 6. The third kappa shape index (κ3) is 5.55. The first-order valence-electron chi connectivity index (χ1n) is 7.73. The molecule has 1 aromatic heterocycles. The van der Waals surface area contributed by atoms with Gasteiger partial charge in [0, 0.05) is 13.1 Å². The number of aromatic nitrogens is 2. The second-order valence-electron chi connectivity index (χ2n) is 5.80. The SMILES string of the molecule is C=CCOCC(=O)N1C[C@@H](C(F)(F)F)[C@H](Nc2ccc(C(F)(F)F)nn2)C1. The van der Waals surface area contributed by atoms with Gasteiger partial charge in [0.1, 0.15) is 12.4 Å². The van der Waals surface area contributed by atoms with Crippen LogP contribution in [0.4, 0.5) is 32.2 Å². The van der Waals surface area contributed by atoms with Crippen molar-refractivity contribution in [3.8, 4) is 0 Å². The summed E-state index contributed by atoms with van der Waals surface area (Å²) >= 11 is 0. The molecule has 1 aliphatic rings. The zero-order valence-electron chi connectivity index (χ0n) is 13.8. The molecule has 1 aromatic rings. The average Bonchev–Trinajstić information content (AvgIpc) is 2.99. The lowest BCUT2D eigenvalue weighted by Crippen LogP contribution is -2.38. The van der Waals surface area contributed by atoms with E-state index in [1.165, 1.54) is 6.08 Å². The molecule has 0 saturated carbocycles. The van der Waals surface area contributed by atoms with Crippen LogP contribution in [0, 0.1) is 5.92 Å². The number of amides is 1. The van der Waals surface area contributed by atoms with Gasteiger partial charge in [-0.05, 0) is 12.1 Å². The van der Waals surface area contributed by atoms with Crippen molar-refractivity contribution in [3.63, 3.8) is 0 Å². The lowest BCUT2D eigenvalue weighted by atomic mass is 10.0. The fourth-order valence-electron chi connectivity index (χ4n) is 2.56. The predicted molar refractivity (Wildman–Crippen MR) is 81.6 cm³/mol. The number of hydrogen-bond acceptors (Lipinski definition) is 5. The van der Waals surface area contributed by atoms with Gasteiger partial charge in [-0.3, -0.25) is 4.79 Å². The molecule has 2 atom stereocenters. The number of carbonyl (C=O) groups is 1. The molecule has 1 saturated heterocycles. The molecule has 2 heterocycles. The van der Waals surface area contributed by atoms with E-state index in [9.17, 15) is 31.1 Å². The topological polar surface area (TPSA) is 67.3 Å². The van der Waals surface area contributed by atoms with Gasteiger partial charge in [0.25, 0.3) is 0 Å². The van der Waals surface area contributed by atoms with Crippen molar-refractivity contribution in [3.05, 3.63) is 30.5 Å². The Morgan fingerprint density at radius 1 is 1.26 bits per heavy atom. The van der Waals surface area contributed by atoms with E-state index in [0.717, 1.165) is 11.0 Å². The number of halogens is 6. The average molecular weight is 398 g/mol. The van der Waals surface area contributed by atoms with E-state index < -0.39 is 49.1 Å². The quantitative estimate of drug-likeness (QED) is 0.453. The first kappa shape index (κ1) is 20.9. The highest BCUT2D eigenvalue weighted by Crippen LogP contribution is 2.35. The molecule has 12 heteroatoms. The minimum absolute atomic E-state index is 0.0745. The highest BCUT2D eigenvalue weighted by Gasteiger charge is 2.51. The molecule has 1 amide bonds. The van der Waals surface area contributed by atoms with Crippen LogP contribution in [0.2, 0.25) is 0 Å². The fraction of sp³-hybridized carbons (Fsp3) is 0.533. The normalized spacial score (nSPS) is 20.6. The molecule has 0 aromatic carbocycles. The van der Waals surface area contributed by atoms with Crippen molar-refractivity contribution in [2.24, 2.45) is 5.92 Å². The standard InChI is InChI=1S/C15H16F6N4O2/c1-2-5-27-8-13(26)25-6-9(14(16,17)18)10(7-25)22-12-4-3-11(23-24-12)15(19,20)21/h2-4,9-10H,1,5-8H2,(H,22,24)/t9-,10-/m1/s1. The van der Waals surface area contributed by atoms with Crippen LogP contribution in [-0.2, 0) is 15.7 Å². The summed E-state index contributed by atoms with van der Waals surface area (Å²) in [7, 11) is 0. The van der Waals surface area contributed by atoms with Crippen molar-refractivity contribution in [1.82, 2.24) is 15.1 Å². The fourth-order valence-corrected chi connectivity index (χ4v) is 2.56. The largest absolute Gasteiger partial charge is 0.435 e. The van der Waals surface area contributed by atoms with E-state index in [0.29, 0.717) is 6.07 Å². The molecule has 0 aliphatic carbocycles. The Bertz CT molecular complexity index is 662. The first-order chi connectivity index (χ1) is 12.5. The molecule has 1 N–H and O–H groups in total. The molecule has 0 spiro atoms. The van der Waals surface area contributed by atoms with Crippen molar-refractivity contribution in [1.29, 1.82) is 0 Å². The minimum Gasteiger partial charge on any atom is -0.368 e. The molecule has 2 rings (SSSR count). The number of carbonyl (C=O) groups excluding carboxylic acids is 1. The van der Waals surface area contributed by atoms with Crippen LogP contribution in [0.25, 0.3) is 0 Å². The monoisotopic (exact) mass is 398 g/mol. The molecule has 150 valence electrons. The molecule has 27 heavy (non-hydrogen) atoms. The molecule has 1 fully saturated rings. The van der Waals surface area contributed by atoms with E-state index in [1.807, 2.05) is 0 Å². The molecule has 0 unspecified atom stereocenters. The first-order valence-corrected chi connectivity index (χ1v) is 7.73. The van der Waals surface area contributed by atoms with Gasteiger partial charge in [-0.15, -0.1) is 16.8 Å². The van der Waals surface area contributed by atoms with Gasteiger partial charge in [-0.2, -0.15) is 26.3 Å². The molecule has 0 bridgehead atoms. The van der Waals surface area contributed by atoms with Crippen molar-refractivity contribution >= 4 is 11.7 Å². The predicted octanol–water partition coefficient (Wildman–Crippen LogP) is 2.50. The van der Waals surface area contributed by atoms with E-state index >= 15 is 0 Å². The number of likely N-dealkylation sites (tertiary alicyclic amines) is 1. The summed E-state index contributed by atoms with van der Waals surface area (Å²) in [6, 6.07) is 0.222. The summed E-state index contributed by atoms with van der Waals surface area (Å²) in [5.41, 5.74) is -1.26. The zero-order valence-corrected chi connectivity index (χ0v) is 13.8. The lowest BCUT2D eigenvalue weighted by Gasteiger charge is -2.22. The van der Waals surface area contributed by atoms with Crippen LogP contribution in [0.1, 0.15) is 5.69 Å². The molecule has 1 aliphatic heterocycles. The Morgan fingerprint density at radius 3 is 2.48 bits per heavy atom. The maximum absolute atomic E-state index is 13.3. The number of nitrogens with zero attached hydrogens (tertiary/aromatic N) is 3. The number of ether oxygens (including phenoxy) is 1. The highest BCUT2D eigenvalue weighted by molar-refractivity contribution is 5.78. The van der Waals surface area contributed by atoms with Gasteiger partial charge in [-0.25, -0.2) is 0 Å². The van der Waals surface area contributed by atoms with Crippen LogP contribution in [0.5, 0.6) is 0 Å². The second-order valence-corrected chi connectivity index (χ2v) is 5.80. The summed E-state index contributed by atoms with van der Waals surface area (Å²) in [5, 5.41) is 8.64. The van der Waals surface area contributed by atoms with Gasteiger partial charge < -0.3 is 15.0 Å². The van der Waals surface area contributed by atoms with E-state index in [4.69, 9.17) is 4.74 Å². The lowest BCUT2D eigenvalue weighted by molar-refractivity contribution is -0.173. The van der Waals surface area contributed by atoms with Crippen LogP contribution in [-0.4, -0.2) is 59.5 Å². The second kappa shape index (κ2) is 8.11. The third-order valence-electron chi connectivity index (χ3n) is 3.84. The van der Waals surface area contributed by atoms with E-state index in [1.54, 1.807) is 0 Å². The smallest absolute Gasteiger partial charge is 0.368 e. The van der Waals surface area contributed by atoms with E-state index in [2.05, 4.69) is 22.1 Å². The number of alkyl halides is 6. The van der Waals surface area contributed by atoms with Gasteiger partial charge in [0.2, 0.25) is 5.91 Å². The van der Waals surface area contributed by atoms with Crippen LogP contribution < -0.4 is 5.32 Å². The maximum atomic E-state index is 13.3. The summed E-state index contributed by atoms with van der Waals surface area (Å²) in [4.78, 5) is 12.9. The summed E-state index contributed by atoms with van der Waals surface area (Å²) < 4.78 is 82.2. The maximum Gasteiger partial charge on any atom is 0.435 e. The minimum atomic E-state index is -4.71. The Hall–Kier alpha value is -2.37. The van der Waals surface area contributed by atoms with Crippen molar-refractivity contribution < 1.29 is 35.9 Å². The zero-order chi connectivity index (χ0) is 20.2. The van der Waals surface area contributed by atoms with Crippen LogP contribution in [0.15, 0.2) is 24.8 Å². The number of nitrogens with one attached hydrogen (secondary N) is 1.